The molecule has 1 aliphatic carbocycles. The lowest BCUT2D eigenvalue weighted by atomic mass is 10.0. The van der Waals surface area contributed by atoms with Crippen molar-refractivity contribution >= 4 is 16.9 Å². The molecule has 1 aromatic heterocycles. The molecule has 0 atom stereocenters. The minimum Gasteiger partial charge on any atom is -0.488 e. The smallest absolute Gasteiger partial charge is 0.310 e. The molecule has 0 aliphatic heterocycles. The van der Waals surface area contributed by atoms with Gasteiger partial charge >= 0.3 is 5.97 Å². The highest BCUT2D eigenvalue weighted by molar-refractivity contribution is 5.86. The van der Waals surface area contributed by atoms with E-state index in [-0.39, 0.29) is 12.4 Å². The summed E-state index contributed by atoms with van der Waals surface area (Å²) in [5.74, 6) is 1.26. The van der Waals surface area contributed by atoms with E-state index < -0.39 is 0 Å². The number of esters is 1. The molecule has 1 heterocycles. The number of ether oxygens (including phenoxy) is 2. The minimum atomic E-state index is -0.245. The van der Waals surface area contributed by atoms with E-state index in [1.807, 2.05) is 31.2 Å². The number of benzene rings is 3. The number of hydrogen-bond acceptors (Lipinski definition) is 5. The molecule has 35 heavy (non-hydrogen) atoms. The Labute approximate surface area is 205 Å². The third-order valence-electron chi connectivity index (χ3n) is 6.53. The molecule has 0 unspecified atom stereocenters. The van der Waals surface area contributed by atoms with Crippen molar-refractivity contribution in [2.75, 3.05) is 6.61 Å². The second-order valence-electron chi connectivity index (χ2n) is 9.24. The second-order valence-corrected chi connectivity index (χ2v) is 9.24. The van der Waals surface area contributed by atoms with Crippen LogP contribution in [-0.2, 0) is 35.5 Å². The van der Waals surface area contributed by atoms with E-state index in [1.165, 1.54) is 18.4 Å². The summed E-state index contributed by atoms with van der Waals surface area (Å²) in [6, 6.07) is 20.6. The summed E-state index contributed by atoms with van der Waals surface area (Å²) < 4.78 is 17.3. The minimum absolute atomic E-state index is 0.195. The Morgan fingerprint density at radius 2 is 1.86 bits per heavy atom. The van der Waals surface area contributed by atoms with Gasteiger partial charge in [-0.15, -0.1) is 0 Å². The molecule has 3 aromatic carbocycles. The van der Waals surface area contributed by atoms with Crippen LogP contribution >= 0.6 is 0 Å². The fourth-order valence-corrected chi connectivity index (χ4v) is 4.44. The zero-order valence-electron chi connectivity index (χ0n) is 20.1. The molecule has 1 aliphatic rings. The Balaban J connectivity index is 1.40. The standard InChI is InChI=1S/C30H31NO4/c1-2-33-30(32)16-25-9-8-21(12-20-6-7-20)14-29(25)35-19-26-18-34-28-11-10-24(15-27(26)28)23-5-3-4-22(13-23)17-31/h3-5,8-11,13-15,18,20H,2,6-7,12,16-17,19,31H2,1H3. The van der Waals surface area contributed by atoms with Gasteiger partial charge in [0.05, 0.1) is 19.3 Å². The van der Waals surface area contributed by atoms with Crippen LogP contribution in [0, 0.1) is 5.92 Å². The zero-order chi connectivity index (χ0) is 24.2. The topological polar surface area (TPSA) is 74.7 Å². The molecule has 0 spiro atoms. The van der Waals surface area contributed by atoms with Crippen molar-refractivity contribution in [2.45, 2.75) is 45.8 Å². The molecule has 1 saturated carbocycles. The number of fused-ring (bicyclic) bond motifs is 1. The van der Waals surface area contributed by atoms with Gasteiger partial charge in [-0.2, -0.15) is 0 Å². The average molecular weight is 470 g/mol. The normalized spacial score (nSPS) is 13.2. The number of carbonyl (C=O) groups excluding carboxylic acids is 1. The number of carbonyl (C=O) groups is 1. The summed E-state index contributed by atoms with van der Waals surface area (Å²) in [4.78, 5) is 12.2. The van der Waals surface area contributed by atoms with E-state index in [9.17, 15) is 4.79 Å². The highest BCUT2D eigenvalue weighted by atomic mass is 16.5. The van der Waals surface area contributed by atoms with Crippen molar-refractivity contribution in [3.05, 3.63) is 89.2 Å². The van der Waals surface area contributed by atoms with Gasteiger partial charge in [-0.05, 0) is 78.6 Å². The predicted molar refractivity (Wildman–Crippen MR) is 137 cm³/mol. The Kier molecular flexibility index (Phi) is 6.87. The van der Waals surface area contributed by atoms with Crippen LogP contribution in [0.2, 0.25) is 0 Å². The lowest BCUT2D eigenvalue weighted by Crippen LogP contribution is -2.09. The molecule has 5 nitrogen and oxygen atoms in total. The van der Waals surface area contributed by atoms with Crippen LogP contribution in [0.4, 0.5) is 0 Å². The third kappa shape index (κ3) is 5.57. The predicted octanol–water partition coefficient (Wildman–Crippen LogP) is 6.20. The molecule has 0 saturated heterocycles. The average Bonchev–Trinajstić information content (AvgIpc) is 3.60. The molecule has 5 heteroatoms. The van der Waals surface area contributed by atoms with Crippen molar-refractivity contribution in [1.82, 2.24) is 0 Å². The molecule has 0 radical (unpaired) electrons. The fraction of sp³-hybridized carbons (Fsp3) is 0.300. The van der Waals surface area contributed by atoms with Gasteiger partial charge in [-0.1, -0.05) is 36.4 Å². The zero-order valence-corrected chi connectivity index (χ0v) is 20.1. The van der Waals surface area contributed by atoms with Gasteiger partial charge in [0.15, 0.2) is 0 Å². The quantitative estimate of drug-likeness (QED) is 0.280. The number of hydrogen-bond donors (Lipinski definition) is 1. The van der Waals surface area contributed by atoms with Gasteiger partial charge in [0.25, 0.3) is 0 Å². The summed E-state index contributed by atoms with van der Waals surface area (Å²) >= 11 is 0. The Morgan fingerprint density at radius 1 is 1.00 bits per heavy atom. The summed E-state index contributed by atoms with van der Waals surface area (Å²) in [6.07, 6.45) is 5.58. The summed E-state index contributed by atoms with van der Waals surface area (Å²) in [7, 11) is 0. The van der Waals surface area contributed by atoms with Gasteiger partial charge in [-0.3, -0.25) is 4.79 Å². The molecule has 0 amide bonds. The first-order valence-electron chi connectivity index (χ1n) is 12.3. The molecule has 2 N–H and O–H groups in total. The largest absolute Gasteiger partial charge is 0.488 e. The maximum Gasteiger partial charge on any atom is 0.310 e. The van der Waals surface area contributed by atoms with Crippen molar-refractivity contribution in [3.63, 3.8) is 0 Å². The van der Waals surface area contributed by atoms with E-state index in [0.717, 1.165) is 56.9 Å². The molecule has 5 rings (SSSR count). The van der Waals surface area contributed by atoms with Gasteiger partial charge in [0.1, 0.15) is 17.9 Å². The first kappa shape index (κ1) is 23.2. The van der Waals surface area contributed by atoms with Crippen LogP contribution in [0.25, 0.3) is 22.1 Å². The van der Waals surface area contributed by atoms with Crippen LogP contribution in [0.5, 0.6) is 5.75 Å². The van der Waals surface area contributed by atoms with Gasteiger partial charge < -0.3 is 19.6 Å². The first-order chi connectivity index (χ1) is 17.1. The van der Waals surface area contributed by atoms with Crippen LogP contribution in [-0.4, -0.2) is 12.6 Å². The molecule has 4 aromatic rings. The van der Waals surface area contributed by atoms with Crippen molar-refractivity contribution in [3.8, 4) is 16.9 Å². The Hall–Kier alpha value is -3.57. The number of nitrogens with two attached hydrogens (primary N) is 1. The summed E-state index contributed by atoms with van der Waals surface area (Å²) in [5.41, 5.74) is 13.0. The highest BCUT2D eigenvalue weighted by Gasteiger charge is 2.22. The number of furan rings is 1. The molecular weight excluding hydrogens is 438 g/mol. The maximum atomic E-state index is 12.2. The van der Waals surface area contributed by atoms with Gasteiger partial charge in [0, 0.05) is 23.1 Å². The van der Waals surface area contributed by atoms with Crippen molar-refractivity contribution in [2.24, 2.45) is 11.7 Å². The second kappa shape index (κ2) is 10.4. The van der Waals surface area contributed by atoms with E-state index in [0.29, 0.717) is 19.8 Å². The maximum absolute atomic E-state index is 12.2. The van der Waals surface area contributed by atoms with Crippen LogP contribution < -0.4 is 10.5 Å². The van der Waals surface area contributed by atoms with E-state index in [2.05, 4.69) is 36.4 Å². The number of rotatable bonds is 10. The van der Waals surface area contributed by atoms with E-state index in [4.69, 9.17) is 19.6 Å². The van der Waals surface area contributed by atoms with Crippen LogP contribution in [0.3, 0.4) is 0 Å². The molecule has 1 fully saturated rings. The molecular formula is C30H31NO4. The highest BCUT2D eigenvalue weighted by Crippen LogP contribution is 2.35. The van der Waals surface area contributed by atoms with Gasteiger partial charge in [-0.25, -0.2) is 0 Å². The SMILES string of the molecule is CCOC(=O)Cc1ccc(CC2CC2)cc1OCc1coc2ccc(-c3cccc(CN)c3)cc12. The Morgan fingerprint density at radius 3 is 2.66 bits per heavy atom. The molecule has 180 valence electrons. The third-order valence-corrected chi connectivity index (χ3v) is 6.53. The van der Waals surface area contributed by atoms with E-state index in [1.54, 1.807) is 6.26 Å². The fourth-order valence-electron chi connectivity index (χ4n) is 4.44. The van der Waals surface area contributed by atoms with Crippen molar-refractivity contribution < 1.29 is 18.7 Å². The lowest BCUT2D eigenvalue weighted by molar-refractivity contribution is -0.142. The van der Waals surface area contributed by atoms with Crippen LogP contribution in [0.1, 0.15) is 42.0 Å². The summed E-state index contributed by atoms with van der Waals surface area (Å²) in [5, 5.41) is 1.02. The van der Waals surface area contributed by atoms with E-state index >= 15 is 0 Å². The van der Waals surface area contributed by atoms with Crippen molar-refractivity contribution in [1.29, 1.82) is 0 Å². The molecule has 0 bridgehead atoms. The van der Waals surface area contributed by atoms with Crippen LogP contribution in [0.15, 0.2) is 71.3 Å². The lowest BCUT2D eigenvalue weighted by Gasteiger charge is -2.13. The summed E-state index contributed by atoms with van der Waals surface area (Å²) in [6.45, 7) is 3.04. The first-order valence-corrected chi connectivity index (χ1v) is 12.3. The Bertz CT molecular complexity index is 1340. The van der Waals surface area contributed by atoms with Gasteiger partial charge in [0.2, 0.25) is 0 Å². The monoisotopic (exact) mass is 469 g/mol.